The largest absolute Gasteiger partial charge is 0.355 e. The number of carbonyl (C=O) groups is 1. The average molecular weight is 370 g/mol. The van der Waals surface area contributed by atoms with Crippen molar-refractivity contribution in [2.75, 3.05) is 12.3 Å². The van der Waals surface area contributed by atoms with E-state index in [4.69, 9.17) is 0 Å². The number of hydrogen-bond acceptors (Lipinski definition) is 5. The van der Waals surface area contributed by atoms with Crippen LogP contribution in [-0.2, 0) is 11.2 Å². The normalized spacial score (nSPS) is 13.3. The van der Waals surface area contributed by atoms with Crippen LogP contribution in [-0.4, -0.2) is 28.2 Å². The number of nitrogens with one attached hydrogen (secondary N) is 1. The number of nitrogens with zero attached hydrogens (tertiary/aromatic N) is 3. The first-order chi connectivity index (χ1) is 12.6. The van der Waals surface area contributed by atoms with Crippen LogP contribution in [0.25, 0.3) is 0 Å². The Kier molecular flexibility index (Phi) is 5.84. The first-order valence-electron chi connectivity index (χ1n) is 8.49. The highest BCUT2D eigenvalue weighted by Crippen LogP contribution is 2.39. The minimum Gasteiger partial charge on any atom is -0.355 e. The monoisotopic (exact) mass is 370 g/mol. The fraction of sp³-hybridized carbons (Fsp3) is 0.368. The average Bonchev–Trinajstić information content (AvgIpc) is 3.46. The number of aromatic nitrogens is 2. The highest BCUT2D eigenvalue weighted by molar-refractivity contribution is 8.00. The molecule has 1 saturated carbocycles. The summed E-state index contributed by atoms with van der Waals surface area (Å²) in [5.41, 5.74) is 2.08. The van der Waals surface area contributed by atoms with E-state index in [1.807, 2.05) is 0 Å². The van der Waals surface area contributed by atoms with Crippen LogP contribution in [0.4, 0.5) is 4.39 Å². The van der Waals surface area contributed by atoms with E-state index in [9.17, 15) is 14.4 Å². The van der Waals surface area contributed by atoms with E-state index < -0.39 is 0 Å². The highest BCUT2D eigenvalue weighted by atomic mass is 32.2. The maximum atomic E-state index is 12.9. The van der Waals surface area contributed by atoms with E-state index in [2.05, 4.69) is 21.4 Å². The van der Waals surface area contributed by atoms with Gasteiger partial charge in [0.25, 0.3) is 0 Å². The molecule has 2 aromatic rings. The Morgan fingerprint density at radius 2 is 2.08 bits per heavy atom. The zero-order valence-electron chi connectivity index (χ0n) is 14.5. The second-order valence-electron chi connectivity index (χ2n) is 6.25. The van der Waals surface area contributed by atoms with Crippen LogP contribution in [0.2, 0.25) is 0 Å². The molecule has 1 heterocycles. The number of hydrogen-bond donors (Lipinski definition) is 1. The smallest absolute Gasteiger partial charge is 0.230 e. The van der Waals surface area contributed by atoms with Gasteiger partial charge in [-0.05, 0) is 43.9 Å². The SMILES string of the molecule is Cc1nc(C2CC2)nc(SCC(=O)NCCc2ccc(F)cc2)c1C#N. The van der Waals surface area contributed by atoms with E-state index in [1.165, 1.54) is 23.9 Å². The van der Waals surface area contributed by atoms with Crippen LogP contribution in [0.1, 0.15) is 41.4 Å². The van der Waals surface area contributed by atoms with Crippen LogP contribution in [0, 0.1) is 24.1 Å². The van der Waals surface area contributed by atoms with E-state index in [0.717, 1.165) is 24.2 Å². The van der Waals surface area contributed by atoms with Gasteiger partial charge in [-0.3, -0.25) is 4.79 Å². The summed E-state index contributed by atoms with van der Waals surface area (Å²) in [5.74, 6) is 0.975. The summed E-state index contributed by atoms with van der Waals surface area (Å²) in [6, 6.07) is 8.37. The molecular formula is C19H19FN4OS. The fourth-order valence-corrected chi connectivity index (χ4v) is 3.37. The molecule has 0 unspecified atom stereocenters. The first-order valence-corrected chi connectivity index (χ1v) is 9.48. The van der Waals surface area contributed by atoms with Crippen LogP contribution in [0.5, 0.6) is 0 Å². The number of nitriles is 1. The fourth-order valence-electron chi connectivity index (χ4n) is 2.51. The number of rotatable bonds is 7. The van der Waals surface area contributed by atoms with Crippen molar-refractivity contribution in [3.63, 3.8) is 0 Å². The molecule has 0 spiro atoms. The second-order valence-corrected chi connectivity index (χ2v) is 7.21. The lowest BCUT2D eigenvalue weighted by Gasteiger charge is -2.09. The summed E-state index contributed by atoms with van der Waals surface area (Å²) in [7, 11) is 0. The van der Waals surface area contributed by atoms with E-state index >= 15 is 0 Å². The molecule has 0 radical (unpaired) electrons. The predicted octanol–water partition coefficient (Wildman–Crippen LogP) is 3.12. The van der Waals surface area contributed by atoms with Crippen molar-refractivity contribution in [2.45, 2.75) is 37.1 Å². The standard InChI is InChI=1S/C19H19FN4OS/c1-12-16(10-21)19(24-18(23-12)14-4-5-14)26-11-17(25)22-9-8-13-2-6-15(20)7-3-13/h2-3,6-7,14H,4-5,8-9,11H2,1H3,(H,22,25). The third-order valence-corrected chi connectivity index (χ3v) is 5.09. The minimum absolute atomic E-state index is 0.120. The Bertz CT molecular complexity index is 844. The Labute approximate surface area is 156 Å². The maximum Gasteiger partial charge on any atom is 0.230 e. The van der Waals surface area contributed by atoms with Crippen molar-refractivity contribution in [3.05, 3.63) is 52.7 Å². The third kappa shape index (κ3) is 4.79. The molecule has 1 amide bonds. The number of aryl methyl sites for hydroxylation is 1. The molecule has 7 heteroatoms. The zero-order valence-corrected chi connectivity index (χ0v) is 15.3. The molecule has 26 heavy (non-hydrogen) atoms. The van der Waals surface area contributed by atoms with Gasteiger partial charge in [-0.1, -0.05) is 23.9 Å². The lowest BCUT2D eigenvalue weighted by molar-refractivity contribution is -0.118. The molecular weight excluding hydrogens is 351 g/mol. The van der Waals surface area contributed by atoms with Gasteiger partial charge in [-0.2, -0.15) is 5.26 Å². The van der Waals surface area contributed by atoms with Crippen molar-refractivity contribution in [1.29, 1.82) is 5.26 Å². The number of amides is 1. The summed E-state index contributed by atoms with van der Waals surface area (Å²) in [5, 5.41) is 12.7. The van der Waals surface area contributed by atoms with Crippen LogP contribution >= 0.6 is 11.8 Å². The molecule has 1 N–H and O–H groups in total. The maximum absolute atomic E-state index is 12.9. The van der Waals surface area contributed by atoms with Gasteiger partial charge >= 0.3 is 0 Å². The van der Waals surface area contributed by atoms with Crippen molar-refractivity contribution in [1.82, 2.24) is 15.3 Å². The summed E-state index contributed by atoms with van der Waals surface area (Å²) < 4.78 is 12.9. The molecule has 1 aromatic heterocycles. The molecule has 1 aliphatic rings. The lowest BCUT2D eigenvalue weighted by atomic mass is 10.1. The number of benzene rings is 1. The summed E-state index contributed by atoms with van der Waals surface area (Å²) in [6.45, 7) is 2.28. The molecule has 0 aliphatic heterocycles. The van der Waals surface area contributed by atoms with Gasteiger partial charge in [0.1, 0.15) is 28.3 Å². The molecule has 5 nitrogen and oxygen atoms in total. The van der Waals surface area contributed by atoms with E-state index in [1.54, 1.807) is 19.1 Å². The molecule has 1 fully saturated rings. The molecule has 1 aromatic carbocycles. The highest BCUT2D eigenvalue weighted by Gasteiger charge is 2.28. The van der Waals surface area contributed by atoms with Gasteiger partial charge in [0.05, 0.1) is 11.4 Å². The zero-order chi connectivity index (χ0) is 18.5. The molecule has 0 saturated heterocycles. The number of thioether (sulfide) groups is 1. The van der Waals surface area contributed by atoms with Gasteiger partial charge in [-0.25, -0.2) is 14.4 Å². The third-order valence-electron chi connectivity index (χ3n) is 4.12. The minimum atomic E-state index is -0.270. The lowest BCUT2D eigenvalue weighted by Crippen LogP contribution is -2.27. The van der Waals surface area contributed by atoms with Crippen molar-refractivity contribution in [3.8, 4) is 6.07 Å². The Morgan fingerprint density at radius 1 is 1.35 bits per heavy atom. The summed E-state index contributed by atoms with van der Waals surface area (Å²) in [6.07, 6.45) is 2.80. The quantitative estimate of drug-likeness (QED) is 0.598. The van der Waals surface area contributed by atoms with Crippen LogP contribution in [0.3, 0.4) is 0 Å². The Balaban J connectivity index is 1.52. The number of carbonyl (C=O) groups excluding carboxylic acids is 1. The van der Waals surface area contributed by atoms with Crippen molar-refractivity contribution in [2.24, 2.45) is 0 Å². The van der Waals surface area contributed by atoms with Gasteiger partial charge in [0.15, 0.2) is 0 Å². The van der Waals surface area contributed by atoms with Gasteiger partial charge in [0, 0.05) is 12.5 Å². The van der Waals surface area contributed by atoms with Gasteiger partial charge in [-0.15, -0.1) is 0 Å². The van der Waals surface area contributed by atoms with E-state index in [-0.39, 0.29) is 17.5 Å². The predicted molar refractivity (Wildman–Crippen MR) is 97.3 cm³/mol. The van der Waals surface area contributed by atoms with Crippen molar-refractivity contribution >= 4 is 17.7 Å². The molecule has 1 aliphatic carbocycles. The second kappa shape index (κ2) is 8.28. The van der Waals surface area contributed by atoms with E-state index in [0.29, 0.717) is 35.2 Å². The Hall–Kier alpha value is -2.46. The summed E-state index contributed by atoms with van der Waals surface area (Å²) >= 11 is 1.27. The topological polar surface area (TPSA) is 78.7 Å². The number of halogens is 1. The van der Waals surface area contributed by atoms with Crippen LogP contribution < -0.4 is 5.32 Å². The molecule has 134 valence electrons. The van der Waals surface area contributed by atoms with Gasteiger partial charge in [0.2, 0.25) is 5.91 Å². The Morgan fingerprint density at radius 3 is 2.73 bits per heavy atom. The van der Waals surface area contributed by atoms with Crippen molar-refractivity contribution < 1.29 is 9.18 Å². The first kappa shape index (κ1) is 18.3. The van der Waals surface area contributed by atoms with Gasteiger partial charge < -0.3 is 5.32 Å². The summed E-state index contributed by atoms with van der Waals surface area (Å²) in [4.78, 5) is 21.0. The molecule has 0 bridgehead atoms. The molecule has 3 rings (SSSR count). The van der Waals surface area contributed by atoms with Crippen LogP contribution in [0.15, 0.2) is 29.3 Å². The molecule has 0 atom stereocenters.